The quantitative estimate of drug-likeness (QED) is 0.690. The number of halogens is 3. The van der Waals surface area contributed by atoms with E-state index in [1.54, 1.807) is 12.1 Å². The van der Waals surface area contributed by atoms with E-state index in [9.17, 15) is 18.0 Å². The van der Waals surface area contributed by atoms with E-state index in [1.165, 1.54) is 22.9 Å². The zero-order chi connectivity index (χ0) is 20.3. The van der Waals surface area contributed by atoms with E-state index in [4.69, 9.17) is 0 Å². The summed E-state index contributed by atoms with van der Waals surface area (Å²) in [4.78, 5) is 27.9. The van der Waals surface area contributed by atoms with Gasteiger partial charge in [-0.25, -0.2) is 0 Å². The molecule has 28 heavy (non-hydrogen) atoms. The molecule has 3 rings (SSSR count). The third kappa shape index (κ3) is 4.61. The number of anilines is 3. The van der Waals surface area contributed by atoms with Gasteiger partial charge in [0.2, 0.25) is 17.8 Å². The summed E-state index contributed by atoms with van der Waals surface area (Å²) in [6.07, 6.45) is -2.07. The van der Waals surface area contributed by atoms with Gasteiger partial charge in [-0.1, -0.05) is 6.07 Å². The highest BCUT2D eigenvalue weighted by Crippen LogP contribution is 2.29. The molecule has 11 heteroatoms. The van der Waals surface area contributed by atoms with Crippen LogP contribution >= 0.6 is 0 Å². The van der Waals surface area contributed by atoms with Crippen LogP contribution in [0.3, 0.4) is 0 Å². The molecule has 0 aliphatic rings. The van der Waals surface area contributed by atoms with E-state index in [0.29, 0.717) is 0 Å². The molecular formula is C17H16F3N7O. The van der Waals surface area contributed by atoms with Crippen LogP contribution in [0.2, 0.25) is 0 Å². The molecule has 0 saturated carbocycles. The van der Waals surface area contributed by atoms with Gasteiger partial charge in [-0.15, -0.1) is 0 Å². The van der Waals surface area contributed by atoms with Gasteiger partial charge in [0.25, 0.3) is 5.56 Å². The molecule has 0 bridgehead atoms. The minimum Gasteiger partial charge on any atom is -0.352 e. The maximum absolute atomic E-state index is 12.9. The van der Waals surface area contributed by atoms with Crippen molar-refractivity contribution in [2.24, 2.45) is 0 Å². The largest absolute Gasteiger partial charge is 0.433 e. The summed E-state index contributed by atoms with van der Waals surface area (Å²) in [5.74, 6) is 0.169. The molecule has 0 amide bonds. The zero-order valence-electron chi connectivity index (χ0n) is 14.9. The molecule has 0 aliphatic heterocycles. The first-order chi connectivity index (χ1) is 13.2. The van der Waals surface area contributed by atoms with E-state index in [-0.39, 0.29) is 35.1 Å². The standard InChI is InChI=1S/C17H16F3N7O/c1-10(2)22-14-24-15(23-11-6-7-21-12(9-11)17(18,19)20)26-16(25-14)27-8-4-3-5-13(27)28/h3-10H,1-2H3,(H2,21,22,23,24,25,26). The maximum atomic E-state index is 12.9. The van der Waals surface area contributed by atoms with Crippen LogP contribution in [0.15, 0.2) is 47.5 Å². The smallest absolute Gasteiger partial charge is 0.352 e. The Morgan fingerprint density at radius 2 is 1.82 bits per heavy atom. The van der Waals surface area contributed by atoms with Crippen LogP contribution in [-0.4, -0.2) is 30.5 Å². The van der Waals surface area contributed by atoms with Crippen molar-refractivity contribution in [2.75, 3.05) is 10.6 Å². The molecule has 0 radical (unpaired) electrons. The molecule has 0 fully saturated rings. The molecule has 0 atom stereocenters. The minimum absolute atomic E-state index is 0.0200. The molecule has 0 unspecified atom stereocenters. The molecule has 3 aromatic heterocycles. The van der Waals surface area contributed by atoms with Crippen molar-refractivity contribution < 1.29 is 13.2 Å². The van der Waals surface area contributed by atoms with E-state index in [0.717, 1.165) is 12.3 Å². The van der Waals surface area contributed by atoms with Crippen molar-refractivity contribution in [3.63, 3.8) is 0 Å². The Hall–Kier alpha value is -3.50. The van der Waals surface area contributed by atoms with Crippen LogP contribution in [0.5, 0.6) is 0 Å². The Labute approximate surface area is 157 Å². The maximum Gasteiger partial charge on any atom is 0.433 e. The molecule has 0 spiro atoms. The lowest BCUT2D eigenvalue weighted by Gasteiger charge is -2.13. The normalized spacial score (nSPS) is 11.5. The van der Waals surface area contributed by atoms with E-state index < -0.39 is 11.9 Å². The van der Waals surface area contributed by atoms with Crippen LogP contribution in [0, 0.1) is 0 Å². The van der Waals surface area contributed by atoms with Crippen molar-refractivity contribution in [2.45, 2.75) is 26.1 Å². The predicted octanol–water partition coefficient (Wildman–Crippen LogP) is 3.00. The van der Waals surface area contributed by atoms with Gasteiger partial charge in [0.15, 0.2) is 0 Å². The van der Waals surface area contributed by atoms with Gasteiger partial charge in [-0.3, -0.25) is 14.3 Å². The molecule has 2 N–H and O–H groups in total. The number of hydrogen-bond acceptors (Lipinski definition) is 7. The molecule has 146 valence electrons. The SMILES string of the molecule is CC(C)Nc1nc(Nc2ccnc(C(F)(F)F)c2)nc(-n2ccccc2=O)n1. The highest BCUT2D eigenvalue weighted by molar-refractivity contribution is 5.55. The van der Waals surface area contributed by atoms with E-state index in [1.807, 2.05) is 13.8 Å². The summed E-state index contributed by atoms with van der Waals surface area (Å²) in [5.41, 5.74) is -1.32. The van der Waals surface area contributed by atoms with Gasteiger partial charge in [0, 0.05) is 30.2 Å². The number of hydrogen-bond donors (Lipinski definition) is 2. The summed E-state index contributed by atoms with van der Waals surface area (Å²) in [6, 6.07) is 6.71. The van der Waals surface area contributed by atoms with Gasteiger partial charge < -0.3 is 10.6 Å². The predicted molar refractivity (Wildman–Crippen MR) is 96.7 cm³/mol. The third-order valence-corrected chi connectivity index (χ3v) is 3.39. The second-order valence-corrected chi connectivity index (χ2v) is 6.04. The first-order valence-corrected chi connectivity index (χ1v) is 8.23. The monoisotopic (exact) mass is 391 g/mol. The Morgan fingerprint density at radius 1 is 1.07 bits per heavy atom. The number of pyridine rings is 2. The second kappa shape index (κ2) is 7.62. The van der Waals surface area contributed by atoms with Crippen molar-refractivity contribution in [1.82, 2.24) is 24.5 Å². The fourth-order valence-corrected chi connectivity index (χ4v) is 2.24. The van der Waals surface area contributed by atoms with E-state index in [2.05, 4.69) is 30.6 Å². The van der Waals surface area contributed by atoms with Gasteiger partial charge in [-0.05, 0) is 32.0 Å². The molecule has 3 aromatic rings. The topological polar surface area (TPSA) is 97.6 Å². The van der Waals surface area contributed by atoms with Gasteiger partial charge >= 0.3 is 6.18 Å². The number of aromatic nitrogens is 5. The number of nitrogens with one attached hydrogen (secondary N) is 2. The third-order valence-electron chi connectivity index (χ3n) is 3.39. The van der Waals surface area contributed by atoms with Gasteiger partial charge in [0.1, 0.15) is 5.69 Å². The zero-order valence-corrected chi connectivity index (χ0v) is 14.9. The van der Waals surface area contributed by atoms with Gasteiger partial charge in [-0.2, -0.15) is 28.1 Å². The summed E-state index contributed by atoms with van der Waals surface area (Å²) >= 11 is 0. The highest BCUT2D eigenvalue weighted by atomic mass is 19.4. The van der Waals surface area contributed by atoms with Crippen LogP contribution in [0.25, 0.3) is 5.95 Å². The van der Waals surface area contributed by atoms with Crippen LogP contribution < -0.4 is 16.2 Å². The average Bonchev–Trinajstić information content (AvgIpc) is 2.61. The van der Waals surface area contributed by atoms with E-state index >= 15 is 0 Å². The highest BCUT2D eigenvalue weighted by Gasteiger charge is 2.32. The number of nitrogens with zero attached hydrogens (tertiary/aromatic N) is 5. The number of alkyl halides is 3. The van der Waals surface area contributed by atoms with Crippen LogP contribution in [0.1, 0.15) is 19.5 Å². The molecular weight excluding hydrogens is 375 g/mol. The lowest BCUT2D eigenvalue weighted by Crippen LogP contribution is -2.21. The summed E-state index contributed by atoms with van der Waals surface area (Å²) < 4.78 is 39.8. The Bertz CT molecular complexity index is 1030. The first-order valence-electron chi connectivity index (χ1n) is 8.23. The molecule has 0 aliphatic carbocycles. The van der Waals surface area contributed by atoms with Crippen molar-refractivity contribution in [1.29, 1.82) is 0 Å². The summed E-state index contributed by atoms with van der Waals surface area (Å²) in [6.45, 7) is 3.73. The van der Waals surface area contributed by atoms with Gasteiger partial charge in [0.05, 0.1) is 0 Å². The average molecular weight is 391 g/mol. The van der Waals surface area contributed by atoms with Crippen molar-refractivity contribution in [3.8, 4) is 5.95 Å². The fraction of sp³-hybridized carbons (Fsp3) is 0.235. The Balaban J connectivity index is 2.02. The van der Waals surface area contributed by atoms with Crippen LogP contribution in [-0.2, 0) is 6.18 Å². The molecule has 0 aromatic carbocycles. The summed E-state index contributed by atoms with van der Waals surface area (Å²) in [7, 11) is 0. The second-order valence-electron chi connectivity index (χ2n) is 6.04. The minimum atomic E-state index is -4.58. The fourth-order valence-electron chi connectivity index (χ4n) is 2.24. The number of rotatable bonds is 5. The Kier molecular flexibility index (Phi) is 5.25. The summed E-state index contributed by atoms with van der Waals surface area (Å²) in [5, 5.41) is 5.69. The molecule has 8 nitrogen and oxygen atoms in total. The lowest BCUT2D eigenvalue weighted by atomic mass is 10.3. The van der Waals surface area contributed by atoms with Crippen molar-refractivity contribution >= 4 is 17.6 Å². The van der Waals surface area contributed by atoms with Crippen LogP contribution in [0.4, 0.5) is 30.8 Å². The lowest BCUT2D eigenvalue weighted by molar-refractivity contribution is -0.141. The Morgan fingerprint density at radius 3 is 2.50 bits per heavy atom. The molecule has 0 saturated heterocycles. The first kappa shape index (κ1) is 19.3. The van der Waals surface area contributed by atoms with Crippen molar-refractivity contribution in [3.05, 3.63) is 58.8 Å². The molecule has 3 heterocycles.